The Bertz CT molecular complexity index is 2980. The molecule has 254 valence electrons. The van der Waals surface area contributed by atoms with Crippen LogP contribution in [-0.4, -0.2) is 19.9 Å². The number of hydrogen-bond acceptors (Lipinski definition) is 8. The minimum atomic E-state index is 0.538. The number of nitrogens with zero attached hydrogens (tertiary/aromatic N) is 5. The molecule has 0 aliphatic carbocycles. The molecule has 0 amide bonds. The molecule has 0 saturated carbocycles. The lowest BCUT2D eigenvalue weighted by Crippen LogP contribution is -2.09. The predicted octanol–water partition coefficient (Wildman–Crippen LogP) is 12.3. The molecule has 4 aromatic heterocycles. The van der Waals surface area contributed by atoms with Crippen molar-refractivity contribution < 1.29 is 13.3 Å². The van der Waals surface area contributed by atoms with Crippen molar-refractivity contribution in [3.8, 4) is 34.0 Å². The maximum atomic E-state index is 6.21. The second-order valence-corrected chi connectivity index (χ2v) is 13.1. The molecule has 0 atom stereocenters. The Kier molecular flexibility index (Phi) is 6.69. The van der Waals surface area contributed by atoms with Crippen LogP contribution >= 0.6 is 0 Å². The fourth-order valence-corrected chi connectivity index (χ4v) is 7.06. The zero-order valence-electron chi connectivity index (χ0n) is 28.5. The Balaban J connectivity index is 0.958. The van der Waals surface area contributed by atoms with Gasteiger partial charge in [0.2, 0.25) is 17.5 Å². The lowest BCUT2D eigenvalue weighted by Gasteiger charge is -2.26. The van der Waals surface area contributed by atoms with Crippen molar-refractivity contribution in [3.05, 3.63) is 164 Å². The van der Waals surface area contributed by atoms with Crippen LogP contribution in [0.5, 0.6) is 0 Å². The summed E-state index contributed by atoms with van der Waals surface area (Å²) in [4.78, 5) is 21.2. The molecule has 11 rings (SSSR count). The highest BCUT2D eigenvalue weighted by Gasteiger charge is 2.17. The largest absolute Gasteiger partial charge is 0.436 e. The van der Waals surface area contributed by atoms with Crippen LogP contribution in [0.3, 0.4) is 0 Å². The summed E-state index contributed by atoms with van der Waals surface area (Å²) in [7, 11) is 0. The fourth-order valence-electron chi connectivity index (χ4n) is 7.06. The third-order valence-corrected chi connectivity index (χ3v) is 9.77. The van der Waals surface area contributed by atoms with Gasteiger partial charge < -0.3 is 18.2 Å². The van der Waals surface area contributed by atoms with Crippen molar-refractivity contribution in [2.75, 3.05) is 4.90 Å². The van der Waals surface area contributed by atoms with E-state index < -0.39 is 0 Å². The molecule has 0 saturated heterocycles. The molecule has 7 aromatic carbocycles. The Morgan fingerprint density at radius 1 is 0.352 bits per heavy atom. The summed E-state index contributed by atoms with van der Waals surface area (Å²) in [6.45, 7) is 0. The van der Waals surface area contributed by atoms with Crippen LogP contribution in [0.1, 0.15) is 0 Å². The Morgan fingerprint density at radius 3 is 1.35 bits per heavy atom. The molecule has 0 spiro atoms. The van der Waals surface area contributed by atoms with E-state index >= 15 is 0 Å². The highest BCUT2D eigenvalue weighted by Crippen LogP contribution is 2.39. The zero-order chi connectivity index (χ0) is 35.6. The molecule has 4 heterocycles. The molecule has 0 radical (unpaired) electrons. The normalized spacial score (nSPS) is 11.7. The maximum absolute atomic E-state index is 6.21. The fraction of sp³-hybridized carbons (Fsp3) is 0. The van der Waals surface area contributed by atoms with Crippen LogP contribution in [0, 0.1) is 0 Å². The van der Waals surface area contributed by atoms with Gasteiger partial charge in [-0.2, -0.15) is 0 Å². The summed E-state index contributed by atoms with van der Waals surface area (Å²) in [6.07, 6.45) is 0. The van der Waals surface area contributed by atoms with Crippen molar-refractivity contribution in [2.45, 2.75) is 0 Å². The van der Waals surface area contributed by atoms with E-state index in [4.69, 9.17) is 33.2 Å². The summed E-state index contributed by atoms with van der Waals surface area (Å²) < 4.78 is 18.3. The number of benzene rings is 7. The molecular weight excluding hydrogens is 671 g/mol. The third-order valence-electron chi connectivity index (χ3n) is 9.77. The van der Waals surface area contributed by atoms with Gasteiger partial charge in [0.05, 0.1) is 11.0 Å². The first-order valence-electron chi connectivity index (χ1n) is 17.6. The number of anilines is 3. The van der Waals surface area contributed by atoms with Crippen LogP contribution in [0.15, 0.2) is 177 Å². The molecule has 8 heteroatoms. The van der Waals surface area contributed by atoms with Crippen LogP contribution in [0.25, 0.3) is 89.5 Å². The molecule has 54 heavy (non-hydrogen) atoms. The highest BCUT2D eigenvalue weighted by atomic mass is 16.4. The summed E-state index contributed by atoms with van der Waals surface area (Å²) in [5.41, 5.74) is 13.8. The molecule has 11 aromatic rings. The van der Waals surface area contributed by atoms with E-state index in [0.29, 0.717) is 17.5 Å². The van der Waals surface area contributed by atoms with E-state index in [9.17, 15) is 0 Å². The molecule has 0 N–H and O–H groups in total. The van der Waals surface area contributed by atoms with Crippen molar-refractivity contribution in [2.24, 2.45) is 0 Å². The van der Waals surface area contributed by atoms with Crippen molar-refractivity contribution in [1.82, 2.24) is 19.9 Å². The summed E-state index contributed by atoms with van der Waals surface area (Å²) >= 11 is 0. The zero-order valence-corrected chi connectivity index (χ0v) is 28.5. The Morgan fingerprint density at radius 2 is 0.815 bits per heavy atom. The van der Waals surface area contributed by atoms with Gasteiger partial charge in [-0.1, -0.05) is 54.6 Å². The number of hydrogen-bond donors (Lipinski definition) is 0. The van der Waals surface area contributed by atoms with Crippen LogP contribution < -0.4 is 4.90 Å². The molecule has 0 bridgehead atoms. The minimum absolute atomic E-state index is 0.538. The number of oxazole rings is 2. The Hall–Kier alpha value is -7.58. The predicted molar refractivity (Wildman–Crippen MR) is 213 cm³/mol. The maximum Gasteiger partial charge on any atom is 0.246 e. The first kappa shape index (κ1) is 30.1. The highest BCUT2D eigenvalue weighted by molar-refractivity contribution is 6.04. The lowest BCUT2D eigenvalue weighted by atomic mass is 10.0. The topological polar surface area (TPSA) is 94.2 Å². The van der Waals surface area contributed by atoms with Crippen LogP contribution in [0.2, 0.25) is 0 Å². The van der Waals surface area contributed by atoms with E-state index in [1.54, 1.807) is 0 Å². The van der Waals surface area contributed by atoms with Gasteiger partial charge in [-0.25, -0.2) is 19.9 Å². The molecule has 0 aliphatic rings. The summed E-state index contributed by atoms with van der Waals surface area (Å²) in [5.74, 6) is 1.17. The van der Waals surface area contributed by atoms with E-state index in [1.807, 2.05) is 97.1 Å². The average Bonchev–Trinajstić information content (AvgIpc) is 3.96. The summed E-state index contributed by atoms with van der Waals surface area (Å²) in [6, 6.07) is 54.8. The number of fused-ring (bicyclic) bond motifs is 6. The number of para-hydroxylation sites is 6. The molecule has 8 nitrogen and oxygen atoms in total. The van der Waals surface area contributed by atoms with Gasteiger partial charge in [-0.3, -0.25) is 0 Å². The van der Waals surface area contributed by atoms with Gasteiger partial charge in [0, 0.05) is 33.6 Å². The number of furan rings is 1. The van der Waals surface area contributed by atoms with Crippen molar-refractivity contribution >= 4 is 72.5 Å². The average molecular weight is 698 g/mol. The van der Waals surface area contributed by atoms with Crippen molar-refractivity contribution in [1.29, 1.82) is 0 Å². The first-order valence-corrected chi connectivity index (χ1v) is 17.6. The smallest absolute Gasteiger partial charge is 0.246 e. The SMILES string of the molecule is c1ccc2nc3c(nc2c1)oc1cc(-c2ccc(N(c4ccc(-c5nc6ccccc6o5)cc4)c4ccc(-c5nc6ccccc6o5)cc4)cc2)ccc13. The van der Waals surface area contributed by atoms with Gasteiger partial charge in [-0.05, 0) is 120 Å². The molecule has 0 unspecified atom stereocenters. The van der Waals surface area contributed by atoms with E-state index in [0.717, 1.165) is 89.0 Å². The quantitative estimate of drug-likeness (QED) is 0.169. The van der Waals surface area contributed by atoms with Gasteiger partial charge in [-0.15, -0.1) is 0 Å². The van der Waals surface area contributed by atoms with Crippen LogP contribution in [0.4, 0.5) is 17.1 Å². The molecular formula is C46H27N5O3. The lowest BCUT2D eigenvalue weighted by molar-refractivity contribution is 0.619. The van der Waals surface area contributed by atoms with E-state index in [-0.39, 0.29) is 0 Å². The van der Waals surface area contributed by atoms with Gasteiger partial charge >= 0.3 is 0 Å². The third kappa shape index (κ3) is 5.08. The number of rotatable bonds is 6. The van der Waals surface area contributed by atoms with Crippen molar-refractivity contribution in [3.63, 3.8) is 0 Å². The summed E-state index contributed by atoms with van der Waals surface area (Å²) in [5, 5.41) is 0.942. The second-order valence-electron chi connectivity index (χ2n) is 13.1. The van der Waals surface area contributed by atoms with Gasteiger partial charge in [0.1, 0.15) is 22.1 Å². The first-order chi connectivity index (χ1) is 26.7. The van der Waals surface area contributed by atoms with E-state index in [1.165, 1.54) is 0 Å². The van der Waals surface area contributed by atoms with E-state index in [2.05, 4.69) is 71.6 Å². The second kappa shape index (κ2) is 12.0. The van der Waals surface area contributed by atoms with Gasteiger partial charge in [0.25, 0.3) is 0 Å². The van der Waals surface area contributed by atoms with Crippen LogP contribution in [-0.2, 0) is 0 Å². The molecule has 0 fully saturated rings. The standard InChI is InChI=1S/C46H27N5O3/c1-2-8-37-36(7-1)47-43-35-26-19-31(27-42(35)54-46(43)48-37)28-13-20-32(21-14-28)51(33-22-15-29(16-23-33)44-49-38-9-3-5-11-40(38)52-44)34-24-17-30(18-25-34)45-50-39-10-4-6-12-41(39)53-45/h1-27H. The van der Waals surface area contributed by atoms with Gasteiger partial charge in [0.15, 0.2) is 11.2 Å². The Labute approximate surface area is 307 Å². The molecule has 0 aliphatic heterocycles. The minimum Gasteiger partial charge on any atom is -0.436 e. The monoisotopic (exact) mass is 697 g/mol. The number of aromatic nitrogens is 4.